The third-order valence-corrected chi connectivity index (χ3v) is 4.39. The minimum atomic E-state index is -0.830. The van der Waals surface area contributed by atoms with Gasteiger partial charge in [-0.25, -0.2) is 8.78 Å². The minimum Gasteiger partial charge on any atom is -0.483 e. The zero-order valence-electron chi connectivity index (χ0n) is 16.5. The van der Waals surface area contributed by atoms with Crippen molar-refractivity contribution in [2.75, 3.05) is 0 Å². The highest BCUT2D eigenvalue weighted by Crippen LogP contribution is 2.25. The van der Waals surface area contributed by atoms with Crippen LogP contribution in [-0.4, -0.2) is 17.3 Å². The molecular weight excluding hydrogens is 336 g/mol. The molecular formula is C21H31F2NO2. The van der Waals surface area contributed by atoms with Crippen molar-refractivity contribution in [2.45, 2.75) is 66.7 Å². The second kappa shape index (κ2) is 13.2. The number of carbonyl (C=O) groups is 1. The third kappa shape index (κ3) is 8.37. The van der Waals surface area contributed by atoms with Gasteiger partial charge in [0.05, 0.1) is 0 Å². The van der Waals surface area contributed by atoms with Gasteiger partial charge in [0.15, 0.2) is 11.6 Å². The van der Waals surface area contributed by atoms with Gasteiger partial charge in [0.1, 0.15) is 0 Å². The van der Waals surface area contributed by atoms with E-state index in [1.54, 1.807) is 6.07 Å². The van der Waals surface area contributed by atoms with Crippen LogP contribution >= 0.6 is 0 Å². The zero-order chi connectivity index (χ0) is 20.1. The van der Waals surface area contributed by atoms with Crippen LogP contribution in [0.2, 0.25) is 0 Å². The van der Waals surface area contributed by atoms with Crippen molar-refractivity contribution in [3.05, 3.63) is 46.7 Å². The first-order chi connectivity index (χ1) is 12.3. The Morgan fingerprint density at radius 1 is 1.19 bits per heavy atom. The molecule has 1 N–H and O–H groups in total. The number of unbranched alkanes of at least 4 members (excludes halogenated alkanes) is 2. The van der Waals surface area contributed by atoms with E-state index in [2.05, 4.69) is 25.8 Å². The summed E-state index contributed by atoms with van der Waals surface area (Å²) in [5.74, 6) is -1.16. The molecule has 1 aromatic rings. The van der Waals surface area contributed by atoms with Crippen LogP contribution in [0, 0.1) is 17.6 Å². The van der Waals surface area contributed by atoms with Crippen LogP contribution < -0.4 is 0 Å². The standard InChI is InChI=1S/C20H29F2N.CH2O2/c1-6-8-9-10-18(14(3)7-2)16(5)23-15(4)17-11-12-19(21)20(22)13-17;2-1-3/h11-14H,6-10H2,1-5H3;1H,(H,2,3)/b18-16-,23-15?;. The summed E-state index contributed by atoms with van der Waals surface area (Å²) < 4.78 is 26.4. The lowest BCUT2D eigenvalue weighted by atomic mass is 9.92. The molecule has 0 amide bonds. The summed E-state index contributed by atoms with van der Waals surface area (Å²) >= 11 is 0. The molecule has 1 atom stereocenters. The summed E-state index contributed by atoms with van der Waals surface area (Å²) in [7, 11) is 0. The number of allylic oxidation sites excluding steroid dienone is 2. The first kappa shape index (κ1) is 24.0. The predicted molar refractivity (Wildman–Crippen MR) is 104 cm³/mol. The quantitative estimate of drug-likeness (QED) is 0.329. The summed E-state index contributed by atoms with van der Waals surface area (Å²) in [4.78, 5) is 13.0. The van der Waals surface area contributed by atoms with E-state index in [1.807, 2.05) is 13.8 Å². The van der Waals surface area contributed by atoms with Crippen molar-refractivity contribution in [1.29, 1.82) is 0 Å². The van der Waals surface area contributed by atoms with Crippen molar-refractivity contribution < 1.29 is 18.7 Å². The second-order valence-corrected chi connectivity index (χ2v) is 6.31. The molecule has 0 aromatic heterocycles. The van der Waals surface area contributed by atoms with E-state index in [0.29, 0.717) is 11.5 Å². The number of nitrogens with zero attached hydrogens (tertiary/aromatic N) is 1. The molecule has 0 heterocycles. The van der Waals surface area contributed by atoms with Crippen molar-refractivity contribution in [1.82, 2.24) is 0 Å². The maximum Gasteiger partial charge on any atom is 0.290 e. The van der Waals surface area contributed by atoms with Crippen LogP contribution in [0.15, 0.2) is 34.5 Å². The van der Waals surface area contributed by atoms with E-state index >= 15 is 0 Å². The van der Waals surface area contributed by atoms with E-state index in [4.69, 9.17) is 9.90 Å². The number of hydrogen-bond acceptors (Lipinski definition) is 2. The topological polar surface area (TPSA) is 49.7 Å². The average molecular weight is 367 g/mol. The maximum absolute atomic E-state index is 13.4. The minimum absolute atomic E-state index is 0.250. The molecule has 1 aromatic carbocycles. The second-order valence-electron chi connectivity index (χ2n) is 6.31. The molecule has 1 rings (SSSR count). The van der Waals surface area contributed by atoms with Gasteiger partial charge >= 0.3 is 0 Å². The number of aliphatic imine (C=N–C) groups is 1. The smallest absolute Gasteiger partial charge is 0.290 e. The van der Waals surface area contributed by atoms with E-state index in [1.165, 1.54) is 30.9 Å². The van der Waals surface area contributed by atoms with Crippen LogP contribution in [0.1, 0.15) is 72.3 Å². The Hall–Kier alpha value is -2.04. The number of benzene rings is 1. The average Bonchev–Trinajstić information content (AvgIpc) is 2.61. The van der Waals surface area contributed by atoms with E-state index in [-0.39, 0.29) is 6.47 Å². The molecule has 0 fully saturated rings. The van der Waals surface area contributed by atoms with Gasteiger partial charge in [-0.05, 0) is 62.3 Å². The largest absolute Gasteiger partial charge is 0.483 e. The van der Waals surface area contributed by atoms with Gasteiger partial charge in [0, 0.05) is 11.4 Å². The Bertz CT molecular complexity index is 624. The monoisotopic (exact) mass is 367 g/mol. The van der Waals surface area contributed by atoms with Crippen molar-refractivity contribution >= 4 is 12.2 Å². The molecule has 146 valence electrons. The van der Waals surface area contributed by atoms with Crippen molar-refractivity contribution in [3.8, 4) is 0 Å². The highest BCUT2D eigenvalue weighted by Gasteiger charge is 2.11. The van der Waals surface area contributed by atoms with Gasteiger partial charge in [-0.2, -0.15) is 0 Å². The fourth-order valence-corrected chi connectivity index (χ4v) is 2.70. The Morgan fingerprint density at radius 3 is 2.31 bits per heavy atom. The van der Waals surface area contributed by atoms with Crippen LogP contribution in [0.4, 0.5) is 8.78 Å². The lowest BCUT2D eigenvalue weighted by Gasteiger charge is -2.17. The summed E-state index contributed by atoms with van der Waals surface area (Å²) in [5.41, 5.74) is 3.73. The molecule has 0 bridgehead atoms. The number of rotatable bonds is 8. The van der Waals surface area contributed by atoms with Crippen LogP contribution in [0.5, 0.6) is 0 Å². The van der Waals surface area contributed by atoms with Crippen molar-refractivity contribution in [2.24, 2.45) is 10.9 Å². The molecule has 26 heavy (non-hydrogen) atoms. The van der Waals surface area contributed by atoms with Gasteiger partial charge in [0.25, 0.3) is 6.47 Å². The van der Waals surface area contributed by atoms with E-state index in [9.17, 15) is 8.78 Å². The zero-order valence-corrected chi connectivity index (χ0v) is 16.5. The summed E-state index contributed by atoms with van der Waals surface area (Å²) in [6.07, 6.45) is 5.73. The summed E-state index contributed by atoms with van der Waals surface area (Å²) in [5, 5.41) is 6.89. The van der Waals surface area contributed by atoms with Gasteiger partial charge < -0.3 is 5.11 Å². The molecule has 0 aliphatic heterocycles. The first-order valence-electron chi connectivity index (χ1n) is 9.10. The van der Waals surface area contributed by atoms with Gasteiger partial charge in [-0.3, -0.25) is 9.79 Å². The molecule has 0 radical (unpaired) electrons. The SMILES string of the molecule is CCCCC/C(=C(\C)N=C(C)c1ccc(F)c(F)c1)C(C)CC.O=CO. The number of hydrogen-bond donors (Lipinski definition) is 1. The molecule has 0 aliphatic carbocycles. The normalized spacial score (nSPS) is 13.4. The van der Waals surface area contributed by atoms with Crippen LogP contribution in [0.25, 0.3) is 0 Å². The summed E-state index contributed by atoms with van der Waals surface area (Å²) in [6, 6.07) is 3.94. The molecule has 1 unspecified atom stereocenters. The molecule has 0 saturated heterocycles. The molecule has 5 heteroatoms. The molecule has 0 spiro atoms. The predicted octanol–water partition coefficient (Wildman–Crippen LogP) is 6.38. The van der Waals surface area contributed by atoms with Crippen LogP contribution in [-0.2, 0) is 4.79 Å². The van der Waals surface area contributed by atoms with Gasteiger partial charge in [-0.1, -0.05) is 39.7 Å². The molecule has 0 aliphatic rings. The number of carboxylic acid groups (broad SMARTS) is 1. The Labute approximate surface area is 155 Å². The lowest BCUT2D eigenvalue weighted by Crippen LogP contribution is -2.03. The molecule has 3 nitrogen and oxygen atoms in total. The summed E-state index contributed by atoms with van der Waals surface area (Å²) in [6.45, 7) is 10.2. The van der Waals surface area contributed by atoms with Crippen LogP contribution in [0.3, 0.4) is 0 Å². The lowest BCUT2D eigenvalue weighted by molar-refractivity contribution is -0.122. The van der Waals surface area contributed by atoms with E-state index < -0.39 is 11.6 Å². The van der Waals surface area contributed by atoms with Gasteiger partial charge in [-0.15, -0.1) is 0 Å². The molecule has 0 saturated carbocycles. The maximum atomic E-state index is 13.4. The fraction of sp³-hybridized carbons (Fsp3) is 0.524. The number of halogens is 2. The van der Waals surface area contributed by atoms with E-state index in [0.717, 1.165) is 30.3 Å². The highest BCUT2D eigenvalue weighted by molar-refractivity contribution is 5.99. The Kier molecular flexibility index (Phi) is 12.2. The Balaban J connectivity index is 0.00000194. The fourth-order valence-electron chi connectivity index (χ4n) is 2.70. The Morgan fingerprint density at radius 2 is 1.81 bits per heavy atom. The van der Waals surface area contributed by atoms with Gasteiger partial charge in [0.2, 0.25) is 0 Å². The first-order valence-corrected chi connectivity index (χ1v) is 9.10. The third-order valence-electron chi connectivity index (χ3n) is 4.39. The highest BCUT2D eigenvalue weighted by atomic mass is 19.2. The van der Waals surface area contributed by atoms with Crippen molar-refractivity contribution in [3.63, 3.8) is 0 Å².